The van der Waals surface area contributed by atoms with Gasteiger partial charge in [-0.25, -0.2) is 19.9 Å². The minimum atomic E-state index is 0.373. The number of fused-ring (bicyclic) bond motifs is 2. The molecule has 37 heavy (non-hydrogen) atoms. The lowest BCUT2D eigenvalue weighted by molar-refractivity contribution is 0.415. The molecule has 0 N–H and O–H groups in total. The molecule has 0 unspecified atom stereocenters. The predicted octanol–water partition coefficient (Wildman–Crippen LogP) is 6.88. The van der Waals surface area contributed by atoms with Gasteiger partial charge in [-0.15, -0.1) is 0 Å². The van der Waals surface area contributed by atoms with Crippen molar-refractivity contribution in [3.8, 4) is 34.0 Å². The molecule has 0 aliphatic carbocycles. The smallest absolute Gasteiger partial charge is 0.176 e. The van der Waals surface area contributed by atoms with Crippen LogP contribution in [0, 0.1) is 0 Å². The second kappa shape index (κ2) is 10.8. The highest BCUT2D eigenvalue weighted by atomic mass is 79.9. The second-order valence-corrected chi connectivity index (χ2v) is 9.17. The quantitative estimate of drug-likeness (QED) is 0.220. The molecule has 11 heteroatoms. The molecule has 6 rings (SSSR count). The van der Waals surface area contributed by atoms with Crippen molar-refractivity contribution in [2.45, 2.75) is 0 Å². The van der Waals surface area contributed by atoms with Crippen LogP contribution in [0.3, 0.4) is 0 Å². The van der Waals surface area contributed by atoms with E-state index in [2.05, 4.69) is 35.9 Å². The van der Waals surface area contributed by atoms with Crippen LogP contribution in [0.4, 0.5) is 0 Å². The molecule has 0 saturated carbocycles. The molecule has 2 aromatic carbocycles. The lowest BCUT2D eigenvalue weighted by Gasteiger charge is -2.02. The number of ether oxygens (including phenoxy) is 2. The van der Waals surface area contributed by atoms with E-state index in [1.807, 2.05) is 75.9 Å². The van der Waals surface area contributed by atoms with Crippen LogP contribution in [0.15, 0.2) is 84.1 Å². The Kier molecular flexibility index (Phi) is 7.27. The Bertz CT molecular complexity index is 1720. The van der Waals surface area contributed by atoms with E-state index in [-0.39, 0.29) is 0 Å². The van der Waals surface area contributed by atoms with Crippen LogP contribution in [0.2, 0.25) is 10.3 Å². The fraction of sp³-hybridized carbons (Fsp3) is 0.0769. The van der Waals surface area contributed by atoms with Crippen molar-refractivity contribution in [2.75, 3.05) is 14.2 Å². The van der Waals surface area contributed by atoms with Crippen LogP contribution < -0.4 is 9.47 Å². The summed E-state index contributed by atoms with van der Waals surface area (Å²) in [6.07, 6.45) is 8.82. The first-order chi connectivity index (χ1) is 18.0. The van der Waals surface area contributed by atoms with Gasteiger partial charge in [-0.05, 0) is 40.2 Å². The molecule has 0 bridgehead atoms. The second-order valence-electron chi connectivity index (χ2n) is 7.70. The summed E-state index contributed by atoms with van der Waals surface area (Å²) >= 11 is 15.6. The molecule has 4 heterocycles. The van der Waals surface area contributed by atoms with E-state index < -0.39 is 0 Å². The summed E-state index contributed by atoms with van der Waals surface area (Å²) in [6.45, 7) is 0. The lowest BCUT2D eigenvalue weighted by atomic mass is 10.1. The first-order valence-corrected chi connectivity index (χ1v) is 12.5. The van der Waals surface area contributed by atoms with Crippen LogP contribution in [0.1, 0.15) is 0 Å². The van der Waals surface area contributed by atoms with Crippen LogP contribution >= 0.6 is 39.1 Å². The average molecular weight is 598 g/mol. The molecule has 8 nitrogen and oxygen atoms in total. The van der Waals surface area contributed by atoms with Crippen molar-refractivity contribution >= 4 is 50.4 Å². The van der Waals surface area contributed by atoms with Gasteiger partial charge in [0.2, 0.25) is 0 Å². The molecule has 6 aromatic rings. The van der Waals surface area contributed by atoms with Gasteiger partial charge in [-0.1, -0.05) is 47.5 Å². The Morgan fingerprint density at radius 1 is 0.784 bits per heavy atom. The van der Waals surface area contributed by atoms with Crippen LogP contribution in [0.5, 0.6) is 11.5 Å². The number of imidazole rings is 2. The predicted molar refractivity (Wildman–Crippen MR) is 148 cm³/mol. The summed E-state index contributed by atoms with van der Waals surface area (Å²) in [5.41, 5.74) is 4.84. The third-order valence-electron chi connectivity index (χ3n) is 5.48. The van der Waals surface area contributed by atoms with Crippen molar-refractivity contribution in [2.24, 2.45) is 0 Å². The molecular weight excluding hydrogens is 579 g/mol. The van der Waals surface area contributed by atoms with Gasteiger partial charge in [0.05, 0.1) is 19.9 Å². The standard InChI is InChI=1S/C13H9BrClN3O.C13H10ClN3O/c1-19-9-4-2-3-8(7-9)10-11(14)18-6-5-16-12(15)13(18)17-10;1-18-10-4-2-3-9(7-10)11-8-17-6-5-15-12(14)13(17)16-11/h2-7H,1H3;2-8H,1H3. The number of methoxy groups -OCH3 is 2. The Hall–Kier alpha value is -3.66. The van der Waals surface area contributed by atoms with Gasteiger partial charge < -0.3 is 13.9 Å². The molecule has 4 aromatic heterocycles. The van der Waals surface area contributed by atoms with Gasteiger partial charge in [0.15, 0.2) is 21.6 Å². The Morgan fingerprint density at radius 3 is 2.05 bits per heavy atom. The van der Waals surface area contributed by atoms with Crippen molar-refractivity contribution in [1.29, 1.82) is 0 Å². The van der Waals surface area contributed by atoms with Crippen LogP contribution in [-0.2, 0) is 0 Å². The monoisotopic (exact) mass is 596 g/mol. The largest absolute Gasteiger partial charge is 0.497 e. The highest BCUT2D eigenvalue weighted by Crippen LogP contribution is 2.32. The third-order valence-corrected chi connectivity index (χ3v) is 6.77. The minimum absolute atomic E-state index is 0.373. The Balaban J connectivity index is 0.000000152. The van der Waals surface area contributed by atoms with Crippen molar-refractivity contribution in [1.82, 2.24) is 28.7 Å². The van der Waals surface area contributed by atoms with Gasteiger partial charge in [0, 0.05) is 42.1 Å². The molecular formula is C26H19BrCl2N6O2. The summed E-state index contributed by atoms with van der Waals surface area (Å²) in [5.74, 6) is 1.58. The maximum absolute atomic E-state index is 6.05. The van der Waals surface area contributed by atoms with E-state index >= 15 is 0 Å². The van der Waals surface area contributed by atoms with Crippen molar-refractivity contribution in [3.05, 3.63) is 94.4 Å². The van der Waals surface area contributed by atoms with E-state index in [9.17, 15) is 0 Å². The Morgan fingerprint density at radius 2 is 1.41 bits per heavy atom. The molecule has 0 amide bonds. The number of benzene rings is 2. The minimum Gasteiger partial charge on any atom is -0.497 e. The third kappa shape index (κ3) is 5.11. The number of halogens is 3. The zero-order valence-electron chi connectivity index (χ0n) is 19.6. The van der Waals surface area contributed by atoms with Gasteiger partial charge in [-0.3, -0.25) is 4.40 Å². The highest BCUT2D eigenvalue weighted by Gasteiger charge is 2.14. The normalized spacial score (nSPS) is 10.8. The first kappa shape index (κ1) is 25.0. The number of nitrogens with zero attached hydrogens (tertiary/aromatic N) is 6. The van der Waals surface area contributed by atoms with Gasteiger partial charge in [0.1, 0.15) is 21.8 Å². The molecule has 0 atom stereocenters. The number of rotatable bonds is 4. The molecule has 0 aliphatic rings. The molecule has 0 aliphatic heterocycles. The summed E-state index contributed by atoms with van der Waals surface area (Å²) in [7, 11) is 3.28. The summed E-state index contributed by atoms with van der Waals surface area (Å²) in [5, 5.41) is 0.768. The van der Waals surface area contributed by atoms with E-state index in [0.717, 1.165) is 38.6 Å². The molecule has 0 radical (unpaired) electrons. The molecule has 0 spiro atoms. The summed E-state index contributed by atoms with van der Waals surface area (Å²) < 4.78 is 15.0. The number of aromatic nitrogens is 6. The Labute approximate surface area is 230 Å². The van der Waals surface area contributed by atoms with Gasteiger partial charge in [-0.2, -0.15) is 0 Å². The highest BCUT2D eigenvalue weighted by molar-refractivity contribution is 9.10. The van der Waals surface area contributed by atoms with E-state index in [1.165, 1.54) is 0 Å². The van der Waals surface area contributed by atoms with E-state index in [0.29, 0.717) is 21.6 Å². The van der Waals surface area contributed by atoms with E-state index in [4.69, 9.17) is 32.7 Å². The summed E-state index contributed by atoms with van der Waals surface area (Å²) in [4.78, 5) is 17.0. The van der Waals surface area contributed by atoms with E-state index in [1.54, 1.807) is 26.6 Å². The van der Waals surface area contributed by atoms with Crippen molar-refractivity contribution in [3.63, 3.8) is 0 Å². The van der Waals surface area contributed by atoms with Crippen LogP contribution in [-0.4, -0.2) is 43.0 Å². The lowest BCUT2D eigenvalue weighted by Crippen LogP contribution is -1.86. The topological polar surface area (TPSA) is 78.8 Å². The summed E-state index contributed by atoms with van der Waals surface area (Å²) in [6, 6.07) is 15.4. The SMILES string of the molecule is COc1cccc(-c2cn3ccnc(Cl)c3n2)c1.COc1cccc(-c2nc3c(Cl)nccn3c2Br)c1. The molecule has 186 valence electrons. The number of hydrogen-bond donors (Lipinski definition) is 0. The van der Waals surface area contributed by atoms with Gasteiger partial charge >= 0.3 is 0 Å². The zero-order valence-corrected chi connectivity index (χ0v) is 22.7. The maximum atomic E-state index is 6.05. The zero-order chi connectivity index (χ0) is 25.9. The van der Waals surface area contributed by atoms with Crippen LogP contribution in [0.25, 0.3) is 33.8 Å². The maximum Gasteiger partial charge on any atom is 0.176 e. The fourth-order valence-corrected chi connectivity index (χ4v) is 4.67. The molecule has 0 saturated heterocycles. The van der Waals surface area contributed by atoms with Gasteiger partial charge in [0.25, 0.3) is 0 Å². The fourth-order valence-electron chi connectivity index (χ4n) is 3.68. The first-order valence-electron chi connectivity index (χ1n) is 10.9. The number of hydrogen-bond acceptors (Lipinski definition) is 6. The van der Waals surface area contributed by atoms with Crippen molar-refractivity contribution < 1.29 is 9.47 Å². The average Bonchev–Trinajstić information content (AvgIpc) is 3.52. The molecule has 0 fully saturated rings.